The molecule has 3 N–H and O–H groups in total. The molecule has 0 saturated carbocycles. The van der Waals surface area contributed by atoms with Gasteiger partial charge in [-0.3, -0.25) is 14.4 Å². The predicted octanol–water partition coefficient (Wildman–Crippen LogP) is 7.69. The van der Waals surface area contributed by atoms with Crippen LogP contribution in [0.15, 0.2) is 106 Å². The first-order chi connectivity index (χ1) is 20.1. The molecule has 0 fully saturated rings. The van der Waals surface area contributed by atoms with Gasteiger partial charge in [0.2, 0.25) is 5.91 Å². The summed E-state index contributed by atoms with van der Waals surface area (Å²) >= 11 is 2.61. The first-order valence-electron chi connectivity index (χ1n) is 12.8. The molecule has 42 heavy (non-hydrogen) atoms. The average molecular weight is 610 g/mol. The Balaban J connectivity index is 1.48. The van der Waals surface area contributed by atoms with Crippen molar-refractivity contribution in [2.24, 2.45) is 0 Å². The molecule has 3 amide bonds. The van der Waals surface area contributed by atoms with Crippen LogP contribution in [0.5, 0.6) is 0 Å². The number of thiophene rings is 1. The summed E-state index contributed by atoms with van der Waals surface area (Å²) in [6.45, 7) is 1.76. The number of anilines is 2. The van der Waals surface area contributed by atoms with E-state index in [0.717, 1.165) is 23.4 Å². The molecule has 0 aliphatic heterocycles. The highest BCUT2D eigenvalue weighted by molar-refractivity contribution is 8.00. The fourth-order valence-corrected chi connectivity index (χ4v) is 5.48. The van der Waals surface area contributed by atoms with Crippen LogP contribution in [-0.4, -0.2) is 23.0 Å². The number of rotatable bonds is 10. The lowest BCUT2D eigenvalue weighted by Crippen LogP contribution is -2.30. The molecular formula is C31H26F3N3O3S2. The van der Waals surface area contributed by atoms with Crippen molar-refractivity contribution in [2.45, 2.75) is 29.7 Å². The maximum Gasteiger partial charge on any atom is 0.418 e. The minimum absolute atomic E-state index is 0.0365. The second-order valence-corrected chi connectivity index (χ2v) is 11.0. The highest BCUT2D eigenvalue weighted by atomic mass is 32.2. The second kappa shape index (κ2) is 14.0. The molecule has 1 atom stereocenters. The first-order valence-corrected chi connectivity index (χ1v) is 14.6. The second-order valence-electron chi connectivity index (χ2n) is 8.96. The summed E-state index contributed by atoms with van der Waals surface area (Å²) in [5, 5.41) is 10.9. The Labute approximate surface area is 249 Å². The van der Waals surface area contributed by atoms with Crippen molar-refractivity contribution in [3.05, 3.63) is 118 Å². The summed E-state index contributed by atoms with van der Waals surface area (Å²) < 4.78 is 40.1. The monoisotopic (exact) mass is 609 g/mol. The standard InChI is InChI=1S/C31H26F3N3O3S2/c1-2-27(30(40)36-25-14-7-6-13-24(25)31(32,33)34)42-23-12-8-11-22(18-23)35-29(39)26(17-20-15-16-41-19-20)37-28(38)21-9-4-3-5-10-21/h3-19,27H,2H2,1H3,(H,35,39)(H,36,40)(H,37,38)/b26-17-. The zero-order valence-electron chi connectivity index (χ0n) is 22.3. The minimum Gasteiger partial charge on any atom is -0.325 e. The van der Waals surface area contributed by atoms with E-state index >= 15 is 0 Å². The number of halogens is 3. The third-order valence-corrected chi connectivity index (χ3v) is 7.97. The van der Waals surface area contributed by atoms with Crippen molar-refractivity contribution >= 4 is 58.3 Å². The number of nitrogens with one attached hydrogen (secondary N) is 3. The normalized spacial score (nSPS) is 12.3. The molecule has 1 unspecified atom stereocenters. The topological polar surface area (TPSA) is 87.3 Å². The Bertz CT molecular complexity index is 1570. The van der Waals surface area contributed by atoms with Gasteiger partial charge in [0.1, 0.15) is 5.70 Å². The highest BCUT2D eigenvalue weighted by Gasteiger charge is 2.34. The largest absolute Gasteiger partial charge is 0.418 e. The minimum atomic E-state index is -4.61. The van der Waals surface area contributed by atoms with Crippen molar-refractivity contribution in [1.82, 2.24) is 5.32 Å². The van der Waals surface area contributed by atoms with E-state index in [1.807, 2.05) is 16.8 Å². The summed E-state index contributed by atoms with van der Waals surface area (Å²) in [7, 11) is 0. The van der Waals surface area contributed by atoms with Crippen LogP contribution in [0.25, 0.3) is 6.08 Å². The lowest BCUT2D eigenvalue weighted by Gasteiger charge is -2.18. The molecule has 1 aromatic heterocycles. The van der Waals surface area contributed by atoms with E-state index in [1.165, 1.54) is 29.5 Å². The number of hydrogen-bond donors (Lipinski definition) is 3. The van der Waals surface area contributed by atoms with Crippen molar-refractivity contribution in [3.63, 3.8) is 0 Å². The van der Waals surface area contributed by atoms with Crippen LogP contribution in [0.1, 0.15) is 34.8 Å². The molecule has 0 radical (unpaired) electrons. The Hall–Kier alpha value is -4.35. The molecule has 216 valence electrons. The number of amides is 3. The quantitative estimate of drug-likeness (QED) is 0.127. The third-order valence-electron chi connectivity index (χ3n) is 5.91. The van der Waals surface area contributed by atoms with Crippen LogP contribution in [0.3, 0.4) is 0 Å². The SMILES string of the molecule is CCC(Sc1cccc(NC(=O)/C(=C/c2ccsc2)NC(=O)c2ccccc2)c1)C(=O)Nc1ccccc1C(F)(F)F. The molecule has 0 saturated heterocycles. The molecule has 4 aromatic rings. The molecule has 0 aliphatic rings. The van der Waals surface area contributed by atoms with Gasteiger partial charge >= 0.3 is 6.18 Å². The maximum absolute atomic E-state index is 13.4. The summed E-state index contributed by atoms with van der Waals surface area (Å²) in [6, 6.07) is 21.9. The highest BCUT2D eigenvalue weighted by Crippen LogP contribution is 2.35. The zero-order valence-corrected chi connectivity index (χ0v) is 23.9. The van der Waals surface area contributed by atoms with Crippen molar-refractivity contribution in [2.75, 3.05) is 10.6 Å². The van der Waals surface area contributed by atoms with E-state index in [2.05, 4.69) is 16.0 Å². The maximum atomic E-state index is 13.4. The molecular weight excluding hydrogens is 583 g/mol. The van der Waals surface area contributed by atoms with E-state index in [9.17, 15) is 27.6 Å². The van der Waals surface area contributed by atoms with Gasteiger partial charge in [0.05, 0.1) is 16.5 Å². The van der Waals surface area contributed by atoms with Gasteiger partial charge in [0.15, 0.2) is 0 Å². The van der Waals surface area contributed by atoms with Crippen LogP contribution in [0.4, 0.5) is 24.5 Å². The van der Waals surface area contributed by atoms with E-state index < -0.39 is 34.7 Å². The van der Waals surface area contributed by atoms with E-state index in [4.69, 9.17) is 0 Å². The van der Waals surface area contributed by atoms with Gasteiger partial charge in [-0.2, -0.15) is 24.5 Å². The Morgan fingerprint density at radius 3 is 2.36 bits per heavy atom. The Morgan fingerprint density at radius 2 is 1.67 bits per heavy atom. The number of carbonyl (C=O) groups is 3. The predicted molar refractivity (Wildman–Crippen MR) is 161 cm³/mol. The summed E-state index contributed by atoms with van der Waals surface area (Å²) in [5.74, 6) is -1.57. The lowest BCUT2D eigenvalue weighted by molar-refractivity contribution is -0.137. The van der Waals surface area contributed by atoms with Gasteiger partial charge in [0.25, 0.3) is 11.8 Å². The van der Waals surface area contributed by atoms with Gasteiger partial charge in [0, 0.05) is 16.1 Å². The van der Waals surface area contributed by atoms with E-state index in [1.54, 1.807) is 67.6 Å². The number of hydrogen-bond acceptors (Lipinski definition) is 5. The van der Waals surface area contributed by atoms with Gasteiger partial charge in [-0.25, -0.2) is 0 Å². The van der Waals surface area contributed by atoms with Crippen LogP contribution in [0.2, 0.25) is 0 Å². The number of thioether (sulfide) groups is 1. The number of para-hydroxylation sites is 1. The van der Waals surface area contributed by atoms with E-state index in [-0.39, 0.29) is 11.4 Å². The van der Waals surface area contributed by atoms with Crippen LogP contribution in [0, 0.1) is 0 Å². The van der Waals surface area contributed by atoms with Crippen molar-refractivity contribution in [3.8, 4) is 0 Å². The molecule has 0 spiro atoms. The van der Waals surface area contributed by atoms with Gasteiger partial charge in [-0.1, -0.05) is 43.3 Å². The van der Waals surface area contributed by atoms with Gasteiger partial charge in [-0.15, -0.1) is 11.8 Å². The molecule has 1 heterocycles. The summed E-state index contributed by atoms with van der Waals surface area (Å²) in [4.78, 5) is 39.6. The fraction of sp³-hybridized carbons (Fsp3) is 0.129. The van der Waals surface area contributed by atoms with Gasteiger partial charge < -0.3 is 16.0 Å². The molecule has 3 aromatic carbocycles. The number of carbonyl (C=O) groups excluding carboxylic acids is 3. The van der Waals surface area contributed by atoms with E-state index in [0.29, 0.717) is 22.6 Å². The summed E-state index contributed by atoms with van der Waals surface area (Å²) in [5.41, 5.74) is 0.349. The summed E-state index contributed by atoms with van der Waals surface area (Å²) in [6.07, 6.45) is -2.69. The van der Waals surface area contributed by atoms with Crippen LogP contribution < -0.4 is 16.0 Å². The fourth-order valence-electron chi connectivity index (χ4n) is 3.85. The zero-order chi connectivity index (χ0) is 30.1. The van der Waals surface area contributed by atoms with Crippen molar-refractivity contribution < 1.29 is 27.6 Å². The third kappa shape index (κ3) is 8.34. The van der Waals surface area contributed by atoms with Crippen LogP contribution >= 0.6 is 23.1 Å². The average Bonchev–Trinajstić information content (AvgIpc) is 3.49. The molecule has 6 nitrogen and oxygen atoms in total. The number of alkyl halides is 3. The first kappa shape index (κ1) is 30.6. The molecule has 4 rings (SSSR count). The van der Waals surface area contributed by atoms with Crippen LogP contribution in [-0.2, 0) is 15.8 Å². The molecule has 11 heteroatoms. The smallest absolute Gasteiger partial charge is 0.325 e. The lowest BCUT2D eigenvalue weighted by atomic mass is 10.1. The molecule has 0 aliphatic carbocycles. The molecule has 0 bridgehead atoms. The van der Waals surface area contributed by atoms with Gasteiger partial charge in [-0.05, 0) is 77.4 Å². The van der Waals surface area contributed by atoms with Crippen molar-refractivity contribution in [1.29, 1.82) is 0 Å². The Kier molecular flexibility index (Phi) is 10.2. The number of benzene rings is 3. The Morgan fingerprint density at radius 1 is 0.929 bits per heavy atom.